The molecule has 2 aromatic rings. The summed E-state index contributed by atoms with van der Waals surface area (Å²) in [4.78, 5) is 12.8. The van der Waals surface area contributed by atoms with Crippen molar-refractivity contribution < 1.29 is 17.9 Å². The fourth-order valence-corrected chi connectivity index (χ4v) is 5.04. The van der Waals surface area contributed by atoms with Crippen molar-refractivity contribution in [2.24, 2.45) is 0 Å². The zero-order chi connectivity index (χ0) is 21.7. The summed E-state index contributed by atoms with van der Waals surface area (Å²) in [7, 11) is -3.58. The molecule has 6 nitrogen and oxygen atoms in total. The number of piperidine rings is 1. The number of nitrogens with zero attached hydrogens (tertiary/aromatic N) is 1. The van der Waals surface area contributed by atoms with Gasteiger partial charge < -0.3 is 10.1 Å². The number of nitrogens with one attached hydrogen (secondary N) is 1. The largest absolute Gasteiger partial charge is 0.492 e. The topological polar surface area (TPSA) is 75.7 Å². The molecule has 1 aliphatic heterocycles. The molecule has 7 heteroatoms. The first-order chi connectivity index (χ1) is 14.3. The van der Waals surface area contributed by atoms with Crippen LogP contribution in [0.2, 0.25) is 0 Å². The normalized spacial score (nSPS) is 15.0. The van der Waals surface area contributed by atoms with Crippen molar-refractivity contribution in [2.45, 2.75) is 44.9 Å². The standard InChI is InChI=1S/C23H30N2O4S/c1-17-7-9-20(15-19(17)3)29-14-11-24-23(26)22-16-21(10-8-18(22)2)30(27,28)25-12-5-4-6-13-25/h7-10,15-16H,4-6,11-14H2,1-3H3,(H,24,26). The molecule has 30 heavy (non-hydrogen) atoms. The van der Waals surface area contributed by atoms with Gasteiger partial charge in [-0.2, -0.15) is 4.31 Å². The summed E-state index contributed by atoms with van der Waals surface area (Å²) in [5.41, 5.74) is 3.46. The van der Waals surface area contributed by atoms with E-state index < -0.39 is 10.0 Å². The lowest BCUT2D eigenvalue weighted by Gasteiger charge is -2.26. The maximum atomic E-state index is 12.9. The third-order valence-corrected chi connectivity index (χ3v) is 7.44. The van der Waals surface area contributed by atoms with E-state index in [1.54, 1.807) is 19.1 Å². The van der Waals surface area contributed by atoms with Crippen LogP contribution < -0.4 is 10.1 Å². The summed E-state index contributed by atoms with van der Waals surface area (Å²) in [6.45, 7) is 7.60. The Morgan fingerprint density at radius 3 is 2.37 bits per heavy atom. The average Bonchev–Trinajstić information content (AvgIpc) is 2.74. The Balaban J connectivity index is 1.62. The summed E-state index contributed by atoms with van der Waals surface area (Å²) in [5, 5.41) is 2.82. The number of rotatable bonds is 7. The van der Waals surface area contributed by atoms with Gasteiger partial charge in [0.1, 0.15) is 12.4 Å². The molecular weight excluding hydrogens is 400 g/mol. The third kappa shape index (κ3) is 5.21. The van der Waals surface area contributed by atoms with Gasteiger partial charge in [-0.25, -0.2) is 8.42 Å². The molecule has 2 aromatic carbocycles. The van der Waals surface area contributed by atoms with Gasteiger partial charge >= 0.3 is 0 Å². The molecule has 0 atom stereocenters. The molecule has 1 N–H and O–H groups in total. The molecular formula is C23H30N2O4S. The van der Waals surface area contributed by atoms with Gasteiger partial charge in [0.2, 0.25) is 10.0 Å². The Bertz CT molecular complexity index is 1010. The van der Waals surface area contributed by atoms with Gasteiger partial charge in [0.25, 0.3) is 5.91 Å². The average molecular weight is 431 g/mol. The SMILES string of the molecule is Cc1ccc(OCCNC(=O)c2cc(S(=O)(=O)N3CCCCC3)ccc2C)cc1C. The second-order valence-corrected chi connectivity index (χ2v) is 9.73. The number of hydrogen-bond acceptors (Lipinski definition) is 4. The molecule has 3 rings (SSSR count). The number of carbonyl (C=O) groups is 1. The third-order valence-electron chi connectivity index (χ3n) is 5.54. The number of sulfonamides is 1. The molecule has 0 saturated carbocycles. The molecule has 0 bridgehead atoms. The second-order valence-electron chi connectivity index (χ2n) is 7.79. The van der Waals surface area contributed by atoms with E-state index in [9.17, 15) is 13.2 Å². The van der Waals surface area contributed by atoms with Crippen LogP contribution in [0.4, 0.5) is 0 Å². The van der Waals surface area contributed by atoms with Crippen LogP contribution in [0.3, 0.4) is 0 Å². The quantitative estimate of drug-likeness (QED) is 0.681. The van der Waals surface area contributed by atoms with Crippen LogP contribution in [0.25, 0.3) is 0 Å². The second kappa shape index (κ2) is 9.62. The van der Waals surface area contributed by atoms with Crippen molar-refractivity contribution >= 4 is 15.9 Å². The van der Waals surface area contributed by atoms with E-state index in [-0.39, 0.29) is 10.8 Å². The number of benzene rings is 2. The van der Waals surface area contributed by atoms with Crippen LogP contribution >= 0.6 is 0 Å². The van der Waals surface area contributed by atoms with Crippen LogP contribution in [-0.4, -0.2) is 44.9 Å². The van der Waals surface area contributed by atoms with E-state index >= 15 is 0 Å². The van der Waals surface area contributed by atoms with E-state index in [1.165, 1.54) is 15.9 Å². The zero-order valence-electron chi connectivity index (χ0n) is 17.9. The Morgan fingerprint density at radius 2 is 1.67 bits per heavy atom. The predicted molar refractivity (Wildman–Crippen MR) is 118 cm³/mol. The Hall–Kier alpha value is -2.38. The predicted octanol–water partition coefficient (Wildman–Crippen LogP) is 3.60. The van der Waals surface area contributed by atoms with Crippen LogP contribution in [0, 0.1) is 20.8 Å². The van der Waals surface area contributed by atoms with Gasteiger partial charge in [0.15, 0.2) is 0 Å². The van der Waals surface area contributed by atoms with Crippen molar-refractivity contribution in [3.05, 3.63) is 58.7 Å². The highest BCUT2D eigenvalue weighted by Crippen LogP contribution is 2.23. The minimum absolute atomic E-state index is 0.173. The highest BCUT2D eigenvalue weighted by molar-refractivity contribution is 7.89. The van der Waals surface area contributed by atoms with E-state index in [0.29, 0.717) is 31.8 Å². The van der Waals surface area contributed by atoms with Gasteiger partial charge in [0, 0.05) is 18.7 Å². The van der Waals surface area contributed by atoms with E-state index in [4.69, 9.17) is 4.74 Å². The summed E-state index contributed by atoms with van der Waals surface area (Å²) >= 11 is 0. The van der Waals surface area contributed by atoms with Crippen LogP contribution in [0.1, 0.15) is 46.3 Å². The maximum Gasteiger partial charge on any atom is 0.251 e. The monoisotopic (exact) mass is 430 g/mol. The molecule has 1 amide bonds. The summed E-state index contributed by atoms with van der Waals surface area (Å²) < 4.78 is 33.0. The number of ether oxygens (including phenoxy) is 1. The Morgan fingerprint density at radius 1 is 0.967 bits per heavy atom. The Labute approximate surface area is 179 Å². The first-order valence-electron chi connectivity index (χ1n) is 10.4. The fraction of sp³-hybridized carbons (Fsp3) is 0.435. The highest BCUT2D eigenvalue weighted by Gasteiger charge is 2.27. The first kappa shape index (κ1) is 22.3. The summed E-state index contributed by atoms with van der Waals surface area (Å²) in [5.74, 6) is 0.463. The lowest BCUT2D eigenvalue weighted by atomic mass is 10.1. The molecule has 0 radical (unpaired) electrons. The summed E-state index contributed by atoms with van der Waals surface area (Å²) in [6.07, 6.45) is 2.80. The lowest BCUT2D eigenvalue weighted by molar-refractivity contribution is 0.0946. The molecule has 1 fully saturated rings. The molecule has 162 valence electrons. The fourth-order valence-electron chi connectivity index (χ4n) is 3.49. The number of hydrogen-bond donors (Lipinski definition) is 1. The molecule has 1 saturated heterocycles. The van der Waals surface area contributed by atoms with Crippen molar-refractivity contribution in [3.63, 3.8) is 0 Å². The van der Waals surface area contributed by atoms with Gasteiger partial charge in [-0.1, -0.05) is 18.6 Å². The lowest BCUT2D eigenvalue weighted by Crippen LogP contribution is -2.36. The van der Waals surface area contributed by atoms with Gasteiger partial charge in [0.05, 0.1) is 11.4 Å². The molecule has 1 heterocycles. The van der Waals surface area contributed by atoms with Gasteiger partial charge in [-0.3, -0.25) is 4.79 Å². The molecule has 0 aliphatic carbocycles. The van der Waals surface area contributed by atoms with Crippen LogP contribution in [0.15, 0.2) is 41.3 Å². The maximum absolute atomic E-state index is 12.9. The number of carbonyl (C=O) groups excluding carboxylic acids is 1. The highest BCUT2D eigenvalue weighted by atomic mass is 32.2. The van der Waals surface area contributed by atoms with E-state index in [1.807, 2.05) is 32.0 Å². The van der Waals surface area contributed by atoms with Gasteiger partial charge in [-0.05, 0) is 74.6 Å². The van der Waals surface area contributed by atoms with E-state index in [2.05, 4.69) is 5.32 Å². The molecule has 0 aromatic heterocycles. The number of aryl methyl sites for hydroxylation is 3. The summed E-state index contributed by atoms with van der Waals surface area (Å²) in [6, 6.07) is 10.6. The zero-order valence-corrected chi connectivity index (χ0v) is 18.7. The molecule has 0 unspecified atom stereocenters. The molecule has 0 spiro atoms. The smallest absolute Gasteiger partial charge is 0.251 e. The van der Waals surface area contributed by atoms with Crippen molar-refractivity contribution in [1.29, 1.82) is 0 Å². The van der Waals surface area contributed by atoms with E-state index in [0.717, 1.165) is 36.1 Å². The van der Waals surface area contributed by atoms with Gasteiger partial charge in [-0.15, -0.1) is 0 Å². The first-order valence-corrected chi connectivity index (χ1v) is 11.8. The minimum Gasteiger partial charge on any atom is -0.492 e. The van der Waals surface area contributed by atoms with Crippen molar-refractivity contribution in [2.75, 3.05) is 26.2 Å². The number of amides is 1. The van der Waals surface area contributed by atoms with Crippen LogP contribution in [0.5, 0.6) is 5.75 Å². The molecule has 1 aliphatic rings. The van der Waals surface area contributed by atoms with Crippen molar-refractivity contribution in [1.82, 2.24) is 9.62 Å². The van der Waals surface area contributed by atoms with Crippen molar-refractivity contribution in [3.8, 4) is 5.75 Å². The Kier molecular flexibility index (Phi) is 7.15. The minimum atomic E-state index is -3.58. The van der Waals surface area contributed by atoms with Crippen LogP contribution in [-0.2, 0) is 10.0 Å².